The summed E-state index contributed by atoms with van der Waals surface area (Å²) in [5.41, 5.74) is 1.72. The molecule has 0 radical (unpaired) electrons. The van der Waals surface area contributed by atoms with Crippen LogP contribution >= 0.6 is 0 Å². The van der Waals surface area contributed by atoms with Gasteiger partial charge in [0.15, 0.2) is 0 Å². The third-order valence-corrected chi connectivity index (χ3v) is 3.14. The summed E-state index contributed by atoms with van der Waals surface area (Å²) in [5, 5.41) is 0. The average molecular weight is 251 g/mol. The first-order valence-electron chi connectivity index (χ1n) is 7.03. The highest BCUT2D eigenvalue weighted by atomic mass is 16.5. The molecule has 0 bridgehead atoms. The number of aromatic nitrogens is 1. The highest BCUT2D eigenvalue weighted by Crippen LogP contribution is 2.13. The topological polar surface area (TPSA) is 31.2 Å². The van der Waals surface area contributed by atoms with E-state index < -0.39 is 0 Å². The largest absolute Gasteiger partial charge is 0.461 e. The molecule has 0 spiro atoms. The quantitative estimate of drug-likeness (QED) is 0.517. The first kappa shape index (κ1) is 14.8. The van der Waals surface area contributed by atoms with E-state index in [1.807, 2.05) is 30.7 Å². The molecule has 0 aliphatic heterocycles. The maximum atomic E-state index is 11.8. The van der Waals surface area contributed by atoms with Crippen molar-refractivity contribution in [2.45, 2.75) is 59.4 Å². The fraction of sp³-hybridized carbons (Fsp3) is 0.667. The van der Waals surface area contributed by atoms with Gasteiger partial charge in [-0.15, -0.1) is 0 Å². The van der Waals surface area contributed by atoms with E-state index in [1.54, 1.807) is 0 Å². The van der Waals surface area contributed by atoms with E-state index in [1.165, 1.54) is 25.7 Å². The Hall–Kier alpha value is -1.25. The summed E-state index contributed by atoms with van der Waals surface area (Å²) in [4.78, 5) is 11.8. The second-order valence-electron chi connectivity index (χ2n) is 4.68. The van der Waals surface area contributed by atoms with E-state index in [9.17, 15) is 4.79 Å². The van der Waals surface area contributed by atoms with Crippen molar-refractivity contribution in [1.82, 2.24) is 4.57 Å². The molecule has 0 saturated carbocycles. The van der Waals surface area contributed by atoms with E-state index in [4.69, 9.17) is 4.74 Å². The van der Waals surface area contributed by atoms with Crippen LogP contribution in [-0.4, -0.2) is 17.1 Å². The smallest absolute Gasteiger partial charge is 0.355 e. The number of hydrogen-bond donors (Lipinski definition) is 0. The van der Waals surface area contributed by atoms with Crippen molar-refractivity contribution < 1.29 is 9.53 Å². The summed E-state index contributed by atoms with van der Waals surface area (Å²) < 4.78 is 7.12. The van der Waals surface area contributed by atoms with Crippen LogP contribution in [0.3, 0.4) is 0 Å². The second-order valence-corrected chi connectivity index (χ2v) is 4.68. The maximum absolute atomic E-state index is 11.8. The maximum Gasteiger partial charge on any atom is 0.355 e. The normalized spacial score (nSPS) is 10.6. The van der Waals surface area contributed by atoms with Crippen LogP contribution in [-0.2, 0) is 11.3 Å². The van der Waals surface area contributed by atoms with Crippen molar-refractivity contribution in [3.63, 3.8) is 0 Å². The molecule has 0 aliphatic rings. The van der Waals surface area contributed by atoms with Crippen LogP contribution in [0.5, 0.6) is 0 Å². The van der Waals surface area contributed by atoms with Gasteiger partial charge in [-0.05, 0) is 31.9 Å². The summed E-state index contributed by atoms with van der Waals surface area (Å²) >= 11 is 0. The minimum Gasteiger partial charge on any atom is -0.461 e. The Morgan fingerprint density at radius 1 is 1.22 bits per heavy atom. The molecular weight excluding hydrogens is 226 g/mol. The van der Waals surface area contributed by atoms with Gasteiger partial charge in [-0.3, -0.25) is 0 Å². The summed E-state index contributed by atoms with van der Waals surface area (Å²) in [7, 11) is 0. The third kappa shape index (κ3) is 4.21. The van der Waals surface area contributed by atoms with Crippen LogP contribution in [0.1, 0.15) is 62.0 Å². The van der Waals surface area contributed by atoms with Crippen LogP contribution in [0.25, 0.3) is 0 Å². The number of carbonyl (C=O) groups excluding carboxylic acids is 1. The minimum absolute atomic E-state index is 0.200. The molecule has 102 valence electrons. The number of carbonyl (C=O) groups is 1. The minimum atomic E-state index is -0.200. The van der Waals surface area contributed by atoms with Gasteiger partial charge in [0.05, 0.1) is 6.61 Å². The van der Waals surface area contributed by atoms with Crippen molar-refractivity contribution in [2.24, 2.45) is 0 Å². The van der Waals surface area contributed by atoms with Crippen molar-refractivity contribution in [2.75, 3.05) is 6.61 Å². The Kier molecular flexibility index (Phi) is 6.55. The fourth-order valence-corrected chi connectivity index (χ4v) is 2.13. The van der Waals surface area contributed by atoms with Crippen LogP contribution in [0, 0.1) is 6.92 Å². The monoisotopic (exact) mass is 251 g/mol. The molecule has 0 unspecified atom stereocenters. The molecule has 0 amide bonds. The van der Waals surface area contributed by atoms with E-state index in [0.29, 0.717) is 12.3 Å². The summed E-state index contributed by atoms with van der Waals surface area (Å²) in [6, 6.07) is 1.98. The molecule has 0 atom stereocenters. The summed E-state index contributed by atoms with van der Waals surface area (Å²) in [5.74, 6) is -0.200. The number of rotatable bonds is 8. The zero-order chi connectivity index (χ0) is 13.4. The Bertz CT molecular complexity index is 369. The molecule has 1 aromatic rings. The molecule has 1 rings (SSSR count). The summed E-state index contributed by atoms with van der Waals surface area (Å²) in [6.07, 6.45) is 8.19. The van der Waals surface area contributed by atoms with Gasteiger partial charge in [0.1, 0.15) is 5.69 Å². The Balaban J connectivity index is 2.52. The molecule has 3 heteroatoms. The lowest BCUT2D eigenvalue weighted by atomic mass is 10.1. The fourth-order valence-electron chi connectivity index (χ4n) is 2.13. The Labute approximate surface area is 110 Å². The zero-order valence-electron chi connectivity index (χ0n) is 11.9. The lowest BCUT2D eigenvalue weighted by Crippen LogP contribution is -2.13. The van der Waals surface area contributed by atoms with Crippen molar-refractivity contribution >= 4 is 5.97 Å². The van der Waals surface area contributed by atoms with E-state index in [2.05, 4.69) is 6.92 Å². The van der Waals surface area contributed by atoms with Crippen molar-refractivity contribution in [3.05, 3.63) is 23.5 Å². The van der Waals surface area contributed by atoms with E-state index >= 15 is 0 Å². The second kappa shape index (κ2) is 7.96. The van der Waals surface area contributed by atoms with Gasteiger partial charge in [0.25, 0.3) is 0 Å². The standard InChI is InChI=1S/C15H25NO2/c1-4-6-7-8-9-11-16-12-10-13(3)14(16)15(17)18-5-2/h10,12H,4-9,11H2,1-3H3. The molecule has 3 nitrogen and oxygen atoms in total. The Morgan fingerprint density at radius 3 is 2.61 bits per heavy atom. The zero-order valence-corrected chi connectivity index (χ0v) is 11.9. The number of ether oxygens (including phenoxy) is 1. The van der Waals surface area contributed by atoms with Crippen LogP contribution < -0.4 is 0 Å². The summed E-state index contributed by atoms with van der Waals surface area (Å²) in [6.45, 7) is 7.35. The molecule has 0 aromatic carbocycles. The molecule has 0 N–H and O–H groups in total. The van der Waals surface area contributed by atoms with E-state index in [0.717, 1.165) is 18.5 Å². The van der Waals surface area contributed by atoms with Gasteiger partial charge >= 0.3 is 5.97 Å². The van der Waals surface area contributed by atoms with Gasteiger partial charge in [-0.2, -0.15) is 0 Å². The Morgan fingerprint density at radius 2 is 1.94 bits per heavy atom. The molecule has 18 heavy (non-hydrogen) atoms. The van der Waals surface area contributed by atoms with Gasteiger partial charge in [0, 0.05) is 12.7 Å². The first-order valence-corrected chi connectivity index (χ1v) is 7.03. The van der Waals surface area contributed by atoms with Crippen LogP contribution in [0.15, 0.2) is 12.3 Å². The molecule has 0 aliphatic carbocycles. The molecule has 1 aromatic heterocycles. The number of esters is 1. The average Bonchev–Trinajstić information content (AvgIpc) is 2.71. The number of aryl methyl sites for hydroxylation is 2. The number of nitrogens with zero attached hydrogens (tertiary/aromatic N) is 1. The van der Waals surface area contributed by atoms with Gasteiger partial charge in [-0.1, -0.05) is 32.6 Å². The molecular formula is C15H25NO2. The van der Waals surface area contributed by atoms with Crippen LogP contribution in [0.2, 0.25) is 0 Å². The van der Waals surface area contributed by atoms with Gasteiger partial charge in [0.2, 0.25) is 0 Å². The van der Waals surface area contributed by atoms with Gasteiger partial charge < -0.3 is 9.30 Å². The molecule has 0 fully saturated rings. The number of hydrogen-bond acceptors (Lipinski definition) is 2. The molecule has 0 saturated heterocycles. The highest BCUT2D eigenvalue weighted by Gasteiger charge is 2.15. The van der Waals surface area contributed by atoms with Crippen molar-refractivity contribution in [3.8, 4) is 0 Å². The number of unbranched alkanes of at least 4 members (excludes halogenated alkanes) is 4. The van der Waals surface area contributed by atoms with Crippen LogP contribution in [0.4, 0.5) is 0 Å². The van der Waals surface area contributed by atoms with Crippen molar-refractivity contribution in [1.29, 1.82) is 0 Å². The SMILES string of the molecule is CCCCCCCn1ccc(C)c1C(=O)OCC. The van der Waals surface area contributed by atoms with E-state index in [-0.39, 0.29) is 5.97 Å². The predicted octanol–water partition coefficient (Wildman–Crippen LogP) is 3.94. The third-order valence-electron chi connectivity index (χ3n) is 3.14. The lowest BCUT2D eigenvalue weighted by molar-refractivity contribution is 0.0512. The first-order chi connectivity index (χ1) is 8.70. The molecule has 1 heterocycles. The highest BCUT2D eigenvalue weighted by molar-refractivity contribution is 5.89. The predicted molar refractivity (Wildman–Crippen MR) is 73.9 cm³/mol. The van der Waals surface area contributed by atoms with Gasteiger partial charge in [-0.25, -0.2) is 4.79 Å². The lowest BCUT2D eigenvalue weighted by Gasteiger charge is -2.09.